The number of nitrogens with two attached hydrogens (primary N) is 1. The topological polar surface area (TPSA) is 69.1 Å². The van der Waals surface area contributed by atoms with Gasteiger partial charge in [0.25, 0.3) is 6.01 Å². The number of aryl methyl sites for hydroxylation is 1. The van der Waals surface area contributed by atoms with Crippen LogP contribution >= 0.6 is 0 Å². The van der Waals surface area contributed by atoms with E-state index in [0.29, 0.717) is 17.0 Å². The predicted octanol–water partition coefficient (Wildman–Crippen LogP) is 2.04. The number of hydrogen-bond acceptors (Lipinski definition) is 4. The molecule has 76 valence electrons. The molecule has 0 spiro atoms. The number of rotatable bonds is 2. The fourth-order valence-corrected chi connectivity index (χ4v) is 1.48. The number of hydrogen-bond donors (Lipinski definition) is 1. The second kappa shape index (κ2) is 3.57. The zero-order valence-electron chi connectivity index (χ0n) is 8.23. The maximum atomic E-state index is 10.8. The van der Waals surface area contributed by atoms with Gasteiger partial charge in [-0.15, -0.1) is 0 Å². The monoisotopic (exact) mass is 202 g/mol. The molecule has 0 aliphatic rings. The molecule has 1 aromatic carbocycles. The van der Waals surface area contributed by atoms with Crippen LogP contribution in [0.25, 0.3) is 11.3 Å². The van der Waals surface area contributed by atoms with E-state index in [-0.39, 0.29) is 6.01 Å². The van der Waals surface area contributed by atoms with Crippen molar-refractivity contribution in [2.24, 2.45) is 0 Å². The molecule has 1 heterocycles. The van der Waals surface area contributed by atoms with Crippen molar-refractivity contribution in [3.63, 3.8) is 0 Å². The quantitative estimate of drug-likeness (QED) is 0.756. The summed E-state index contributed by atoms with van der Waals surface area (Å²) < 4.78 is 5.12. The van der Waals surface area contributed by atoms with Crippen LogP contribution in [0.4, 0.5) is 6.01 Å². The highest BCUT2D eigenvalue weighted by atomic mass is 16.4. The highest BCUT2D eigenvalue weighted by molar-refractivity contribution is 5.87. The van der Waals surface area contributed by atoms with E-state index in [1.807, 2.05) is 12.1 Å². The molecule has 2 aromatic rings. The summed E-state index contributed by atoms with van der Waals surface area (Å²) in [5, 5.41) is 0. The Morgan fingerprint density at radius 1 is 1.40 bits per heavy atom. The van der Waals surface area contributed by atoms with Crippen LogP contribution in [0, 0.1) is 6.92 Å². The van der Waals surface area contributed by atoms with Crippen molar-refractivity contribution in [1.29, 1.82) is 0 Å². The van der Waals surface area contributed by atoms with Gasteiger partial charge < -0.3 is 10.2 Å². The first-order valence-electron chi connectivity index (χ1n) is 4.50. The molecule has 0 saturated heterocycles. The van der Waals surface area contributed by atoms with Gasteiger partial charge in [0.1, 0.15) is 11.5 Å². The Morgan fingerprint density at radius 2 is 2.13 bits per heavy atom. The van der Waals surface area contributed by atoms with Gasteiger partial charge in [-0.1, -0.05) is 24.3 Å². The molecule has 0 atom stereocenters. The number of anilines is 1. The van der Waals surface area contributed by atoms with Crippen LogP contribution in [-0.4, -0.2) is 11.3 Å². The molecule has 0 amide bonds. The fourth-order valence-electron chi connectivity index (χ4n) is 1.48. The van der Waals surface area contributed by atoms with Gasteiger partial charge in [-0.2, -0.15) is 4.98 Å². The Bertz CT molecular complexity index is 503. The van der Waals surface area contributed by atoms with Crippen LogP contribution in [0.3, 0.4) is 0 Å². The second-order valence-electron chi connectivity index (χ2n) is 3.16. The molecule has 1 aromatic heterocycles. The lowest BCUT2D eigenvalue weighted by Crippen LogP contribution is -1.89. The summed E-state index contributed by atoms with van der Waals surface area (Å²) in [6.45, 7) is 1.76. The van der Waals surface area contributed by atoms with Crippen LogP contribution in [0.5, 0.6) is 0 Å². The molecule has 0 aliphatic heterocycles. The van der Waals surface area contributed by atoms with E-state index >= 15 is 0 Å². The standard InChI is InChI=1S/C11H10N2O2/c1-7-10(13-11(12)15-7)9-5-3-2-4-8(9)6-14/h2-6H,1H3,(H2,12,13). The smallest absolute Gasteiger partial charge is 0.292 e. The average molecular weight is 202 g/mol. The van der Waals surface area contributed by atoms with Gasteiger partial charge in [-0.25, -0.2) is 0 Å². The van der Waals surface area contributed by atoms with Gasteiger partial charge in [0, 0.05) is 11.1 Å². The normalized spacial score (nSPS) is 10.2. The number of carbonyl (C=O) groups excluding carboxylic acids is 1. The largest absolute Gasteiger partial charge is 0.429 e. The van der Waals surface area contributed by atoms with Gasteiger partial charge in [0.2, 0.25) is 0 Å². The van der Waals surface area contributed by atoms with Crippen LogP contribution in [0.2, 0.25) is 0 Å². The number of oxazole rings is 1. The van der Waals surface area contributed by atoms with E-state index in [2.05, 4.69) is 4.98 Å². The first kappa shape index (κ1) is 9.45. The molecule has 0 unspecified atom stereocenters. The molecular weight excluding hydrogens is 192 g/mol. The molecular formula is C11H10N2O2. The minimum absolute atomic E-state index is 0.114. The minimum Gasteiger partial charge on any atom is -0.429 e. The maximum Gasteiger partial charge on any atom is 0.292 e. The number of nitrogen functional groups attached to an aromatic ring is 1. The predicted molar refractivity (Wildman–Crippen MR) is 56.5 cm³/mol. The maximum absolute atomic E-state index is 10.8. The molecule has 0 radical (unpaired) electrons. The lowest BCUT2D eigenvalue weighted by atomic mass is 10.1. The zero-order valence-corrected chi connectivity index (χ0v) is 8.23. The van der Waals surface area contributed by atoms with Gasteiger partial charge in [-0.05, 0) is 6.92 Å². The lowest BCUT2D eigenvalue weighted by Gasteiger charge is -2.00. The molecule has 4 nitrogen and oxygen atoms in total. The third-order valence-electron chi connectivity index (χ3n) is 2.16. The summed E-state index contributed by atoms with van der Waals surface area (Å²) in [7, 11) is 0. The molecule has 0 fully saturated rings. The molecule has 0 aliphatic carbocycles. The van der Waals surface area contributed by atoms with E-state index in [9.17, 15) is 4.79 Å². The number of nitrogens with zero attached hydrogens (tertiary/aromatic N) is 1. The Hall–Kier alpha value is -2.10. The van der Waals surface area contributed by atoms with Crippen molar-refractivity contribution in [1.82, 2.24) is 4.98 Å². The Kier molecular flexibility index (Phi) is 2.25. The van der Waals surface area contributed by atoms with Crippen molar-refractivity contribution < 1.29 is 9.21 Å². The van der Waals surface area contributed by atoms with E-state index in [0.717, 1.165) is 11.8 Å². The molecule has 0 bridgehead atoms. The zero-order chi connectivity index (χ0) is 10.8. The van der Waals surface area contributed by atoms with Crippen molar-refractivity contribution in [2.75, 3.05) is 5.73 Å². The van der Waals surface area contributed by atoms with Gasteiger partial charge >= 0.3 is 0 Å². The lowest BCUT2D eigenvalue weighted by molar-refractivity contribution is 0.112. The second-order valence-corrected chi connectivity index (χ2v) is 3.16. The summed E-state index contributed by atoms with van der Waals surface area (Å²) in [5.74, 6) is 0.613. The van der Waals surface area contributed by atoms with Crippen molar-refractivity contribution in [3.8, 4) is 11.3 Å². The molecule has 0 saturated carbocycles. The summed E-state index contributed by atoms with van der Waals surface area (Å²) in [6, 6.07) is 7.29. The minimum atomic E-state index is 0.114. The Balaban J connectivity index is 2.63. The summed E-state index contributed by atoms with van der Waals surface area (Å²) >= 11 is 0. The first-order chi connectivity index (χ1) is 7.22. The van der Waals surface area contributed by atoms with Gasteiger partial charge in [0.15, 0.2) is 6.29 Å². The number of aromatic nitrogens is 1. The summed E-state index contributed by atoms with van der Waals surface area (Å²) in [6.07, 6.45) is 0.791. The number of aldehydes is 1. The highest BCUT2D eigenvalue weighted by Crippen LogP contribution is 2.26. The number of carbonyl (C=O) groups is 1. The SMILES string of the molecule is Cc1oc(N)nc1-c1ccccc1C=O. The average Bonchev–Trinajstić information content (AvgIpc) is 2.57. The first-order valence-corrected chi connectivity index (χ1v) is 4.50. The fraction of sp³-hybridized carbons (Fsp3) is 0.0909. The van der Waals surface area contributed by atoms with Crippen LogP contribution in [0.15, 0.2) is 28.7 Å². The molecule has 4 heteroatoms. The molecule has 2 N–H and O–H groups in total. The van der Waals surface area contributed by atoms with E-state index in [4.69, 9.17) is 10.2 Å². The van der Waals surface area contributed by atoms with Crippen molar-refractivity contribution in [2.45, 2.75) is 6.92 Å². The Labute approximate surface area is 86.7 Å². The van der Waals surface area contributed by atoms with Crippen molar-refractivity contribution >= 4 is 12.3 Å². The van der Waals surface area contributed by atoms with Crippen molar-refractivity contribution in [3.05, 3.63) is 35.6 Å². The van der Waals surface area contributed by atoms with Crippen LogP contribution in [-0.2, 0) is 0 Å². The molecule has 2 rings (SSSR count). The third kappa shape index (κ3) is 1.61. The van der Waals surface area contributed by atoms with Crippen LogP contribution < -0.4 is 5.73 Å². The Morgan fingerprint density at radius 3 is 2.73 bits per heavy atom. The van der Waals surface area contributed by atoms with Gasteiger partial charge in [0.05, 0.1) is 0 Å². The summed E-state index contributed by atoms with van der Waals surface area (Å²) in [5.41, 5.74) is 7.38. The van der Waals surface area contributed by atoms with E-state index in [1.165, 1.54) is 0 Å². The third-order valence-corrected chi connectivity index (χ3v) is 2.16. The van der Waals surface area contributed by atoms with E-state index in [1.54, 1.807) is 19.1 Å². The number of benzene rings is 1. The van der Waals surface area contributed by atoms with Gasteiger partial charge in [-0.3, -0.25) is 4.79 Å². The van der Waals surface area contributed by atoms with Crippen LogP contribution in [0.1, 0.15) is 16.1 Å². The molecule has 15 heavy (non-hydrogen) atoms. The highest BCUT2D eigenvalue weighted by Gasteiger charge is 2.12. The summed E-state index contributed by atoms with van der Waals surface area (Å²) in [4.78, 5) is 14.9. The van der Waals surface area contributed by atoms with E-state index < -0.39 is 0 Å².